The predicted octanol–water partition coefficient (Wildman–Crippen LogP) is 5.55. The lowest BCUT2D eigenvalue weighted by Crippen LogP contribution is -2.34. The standard InChI is InChI=1S/C26H34N4O2S2/c1-3-4-5-6-7-11-16-30-25(32)21(34-26(30)33)18-20-23(28-14-9-8-10-15-28)27-22-19(2)13-12-17-29(22)24(20)31/h12-13,17-18H,3-11,14-16H2,1-2H3. The van der Waals surface area contributed by atoms with Gasteiger partial charge < -0.3 is 4.90 Å². The Balaban J connectivity index is 1.63. The first-order chi connectivity index (χ1) is 16.5. The molecule has 2 aliphatic rings. The molecule has 0 aliphatic carbocycles. The molecule has 0 N–H and O–H groups in total. The van der Waals surface area contributed by atoms with E-state index in [4.69, 9.17) is 17.2 Å². The summed E-state index contributed by atoms with van der Waals surface area (Å²) in [5, 5.41) is 0. The predicted molar refractivity (Wildman–Crippen MR) is 146 cm³/mol. The number of pyridine rings is 1. The molecule has 2 aromatic heterocycles. The molecule has 0 aromatic carbocycles. The normalized spacial score (nSPS) is 18.0. The molecule has 34 heavy (non-hydrogen) atoms. The average Bonchev–Trinajstić information content (AvgIpc) is 3.11. The van der Waals surface area contributed by atoms with Gasteiger partial charge in [-0.3, -0.25) is 18.9 Å². The molecular formula is C26H34N4O2S2. The van der Waals surface area contributed by atoms with Gasteiger partial charge in [0.05, 0.1) is 10.5 Å². The molecule has 0 spiro atoms. The van der Waals surface area contributed by atoms with Crippen molar-refractivity contribution in [3.8, 4) is 0 Å². The molecule has 0 saturated carbocycles. The minimum absolute atomic E-state index is 0.0955. The van der Waals surface area contributed by atoms with Crippen LogP contribution in [0.25, 0.3) is 11.7 Å². The monoisotopic (exact) mass is 498 g/mol. The number of anilines is 1. The van der Waals surface area contributed by atoms with E-state index in [-0.39, 0.29) is 11.5 Å². The van der Waals surface area contributed by atoms with Gasteiger partial charge in [-0.25, -0.2) is 4.98 Å². The van der Waals surface area contributed by atoms with E-state index in [2.05, 4.69) is 11.8 Å². The van der Waals surface area contributed by atoms with Crippen molar-refractivity contribution < 1.29 is 4.79 Å². The summed E-state index contributed by atoms with van der Waals surface area (Å²) in [5.41, 5.74) is 1.95. The molecule has 2 aromatic rings. The molecule has 0 bridgehead atoms. The summed E-state index contributed by atoms with van der Waals surface area (Å²) in [5.74, 6) is 0.585. The van der Waals surface area contributed by atoms with Crippen LogP contribution in [0.2, 0.25) is 0 Å². The molecular weight excluding hydrogens is 464 g/mol. The van der Waals surface area contributed by atoms with Crippen LogP contribution in [0.15, 0.2) is 28.0 Å². The fraction of sp³-hybridized carbons (Fsp3) is 0.538. The van der Waals surface area contributed by atoms with Gasteiger partial charge in [0.15, 0.2) is 0 Å². The second-order valence-corrected chi connectivity index (χ2v) is 10.9. The van der Waals surface area contributed by atoms with Crippen molar-refractivity contribution in [1.82, 2.24) is 14.3 Å². The first kappa shape index (κ1) is 24.9. The second kappa shape index (κ2) is 11.5. The van der Waals surface area contributed by atoms with E-state index >= 15 is 0 Å². The maximum atomic E-state index is 13.6. The number of aryl methyl sites for hydroxylation is 1. The number of hydrogen-bond acceptors (Lipinski definition) is 6. The van der Waals surface area contributed by atoms with Crippen molar-refractivity contribution in [2.24, 2.45) is 0 Å². The molecule has 0 radical (unpaired) electrons. The first-order valence-electron chi connectivity index (χ1n) is 12.5. The van der Waals surface area contributed by atoms with Gasteiger partial charge in [-0.2, -0.15) is 0 Å². The largest absolute Gasteiger partial charge is 0.356 e. The van der Waals surface area contributed by atoms with Gasteiger partial charge in [-0.1, -0.05) is 69.1 Å². The fourth-order valence-corrected chi connectivity index (χ4v) is 5.94. The van der Waals surface area contributed by atoms with E-state index < -0.39 is 0 Å². The van der Waals surface area contributed by atoms with Crippen LogP contribution in [0, 0.1) is 6.92 Å². The third kappa shape index (κ3) is 5.38. The summed E-state index contributed by atoms with van der Waals surface area (Å²) in [6.45, 7) is 6.56. The molecule has 1 amide bonds. The lowest BCUT2D eigenvalue weighted by atomic mass is 10.1. The highest BCUT2D eigenvalue weighted by atomic mass is 32.2. The maximum absolute atomic E-state index is 13.6. The van der Waals surface area contributed by atoms with Crippen molar-refractivity contribution in [3.63, 3.8) is 0 Å². The Labute approximate surface area is 211 Å². The number of carbonyl (C=O) groups is 1. The summed E-state index contributed by atoms with van der Waals surface area (Å²) in [4.78, 5) is 36.1. The minimum Gasteiger partial charge on any atom is -0.356 e. The fourth-order valence-electron chi connectivity index (χ4n) is 4.65. The van der Waals surface area contributed by atoms with Gasteiger partial charge in [0.1, 0.15) is 15.8 Å². The molecule has 2 saturated heterocycles. The second-order valence-electron chi connectivity index (χ2n) is 9.19. The van der Waals surface area contributed by atoms with Crippen LogP contribution < -0.4 is 10.5 Å². The van der Waals surface area contributed by atoms with E-state index in [0.717, 1.165) is 44.3 Å². The van der Waals surface area contributed by atoms with Crippen LogP contribution in [0.5, 0.6) is 0 Å². The number of hydrogen-bond donors (Lipinski definition) is 0. The number of amides is 1. The third-order valence-electron chi connectivity index (χ3n) is 6.60. The zero-order chi connectivity index (χ0) is 24.1. The van der Waals surface area contributed by atoms with Crippen LogP contribution in [0.1, 0.15) is 75.8 Å². The van der Waals surface area contributed by atoms with Crippen LogP contribution in [0.3, 0.4) is 0 Å². The molecule has 4 heterocycles. The van der Waals surface area contributed by atoms with Crippen LogP contribution in [0.4, 0.5) is 5.82 Å². The highest BCUT2D eigenvalue weighted by molar-refractivity contribution is 8.26. The van der Waals surface area contributed by atoms with Gasteiger partial charge in [-0.05, 0) is 50.3 Å². The highest BCUT2D eigenvalue weighted by Gasteiger charge is 2.32. The minimum atomic E-state index is -0.143. The zero-order valence-corrected chi connectivity index (χ0v) is 21.8. The Morgan fingerprint density at radius 1 is 1.09 bits per heavy atom. The molecule has 0 unspecified atom stereocenters. The number of nitrogens with zero attached hydrogens (tertiary/aromatic N) is 4. The molecule has 4 rings (SSSR count). The maximum Gasteiger partial charge on any atom is 0.267 e. The number of thioether (sulfide) groups is 1. The number of aromatic nitrogens is 2. The molecule has 8 heteroatoms. The summed E-state index contributed by atoms with van der Waals surface area (Å²) in [6.07, 6.45) is 13.8. The first-order valence-corrected chi connectivity index (χ1v) is 13.8. The number of unbranched alkanes of at least 4 members (excludes halogenated alkanes) is 5. The van der Waals surface area contributed by atoms with Gasteiger partial charge in [0.2, 0.25) is 0 Å². The lowest BCUT2D eigenvalue weighted by Gasteiger charge is -2.29. The number of thiocarbonyl (C=S) groups is 1. The van der Waals surface area contributed by atoms with Crippen LogP contribution in [-0.2, 0) is 4.79 Å². The Morgan fingerprint density at radius 3 is 2.59 bits per heavy atom. The Bertz CT molecular complexity index is 1150. The highest BCUT2D eigenvalue weighted by Crippen LogP contribution is 2.34. The average molecular weight is 499 g/mol. The van der Waals surface area contributed by atoms with Crippen molar-refractivity contribution in [1.29, 1.82) is 0 Å². The molecule has 0 atom stereocenters. The van der Waals surface area contributed by atoms with Crippen molar-refractivity contribution >= 4 is 51.7 Å². The molecule has 2 fully saturated rings. The SMILES string of the molecule is CCCCCCCCN1C(=O)C(=Cc2c(N3CCCCC3)nc3c(C)cccn3c2=O)SC1=S. The topological polar surface area (TPSA) is 57.9 Å². The van der Waals surface area contributed by atoms with Crippen LogP contribution in [-0.4, -0.2) is 44.1 Å². The summed E-state index contributed by atoms with van der Waals surface area (Å²) in [7, 11) is 0. The number of rotatable bonds is 9. The Morgan fingerprint density at radius 2 is 1.82 bits per heavy atom. The van der Waals surface area contributed by atoms with E-state index in [9.17, 15) is 9.59 Å². The van der Waals surface area contributed by atoms with E-state index in [1.54, 1.807) is 21.6 Å². The summed E-state index contributed by atoms with van der Waals surface area (Å²) < 4.78 is 2.17. The summed E-state index contributed by atoms with van der Waals surface area (Å²) in [6, 6.07) is 3.82. The molecule has 2 aliphatic heterocycles. The molecule has 6 nitrogen and oxygen atoms in total. The van der Waals surface area contributed by atoms with Crippen molar-refractivity contribution in [3.05, 3.63) is 44.7 Å². The smallest absolute Gasteiger partial charge is 0.267 e. The Hall–Kier alpha value is -2.19. The van der Waals surface area contributed by atoms with Gasteiger partial charge in [0, 0.05) is 25.8 Å². The molecule has 182 valence electrons. The van der Waals surface area contributed by atoms with Gasteiger partial charge in [0.25, 0.3) is 11.5 Å². The van der Waals surface area contributed by atoms with Crippen molar-refractivity contribution in [2.45, 2.75) is 71.6 Å². The number of piperidine rings is 1. The van der Waals surface area contributed by atoms with Crippen molar-refractivity contribution in [2.75, 3.05) is 24.5 Å². The number of carbonyl (C=O) groups excluding carboxylic acids is 1. The Kier molecular flexibility index (Phi) is 8.42. The van der Waals surface area contributed by atoms with E-state index in [1.165, 1.54) is 43.9 Å². The quantitative estimate of drug-likeness (QED) is 0.256. The summed E-state index contributed by atoms with van der Waals surface area (Å²) >= 11 is 6.83. The zero-order valence-electron chi connectivity index (χ0n) is 20.2. The van der Waals surface area contributed by atoms with Gasteiger partial charge >= 0.3 is 0 Å². The van der Waals surface area contributed by atoms with E-state index in [1.807, 2.05) is 19.1 Å². The number of fused-ring (bicyclic) bond motifs is 1. The van der Waals surface area contributed by atoms with Crippen LogP contribution >= 0.6 is 24.0 Å². The third-order valence-corrected chi connectivity index (χ3v) is 7.98. The van der Waals surface area contributed by atoms with Gasteiger partial charge in [-0.15, -0.1) is 0 Å². The van der Waals surface area contributed by atoms with E-state index in [0.29, 0.717) is 32.8 Å². The lowest BCUT2D eigenvalue weighted by molar-refractivity contribution is -0.122.